The van der Waals surface area contributed by atoms with Crippen LogP contribution < -0.4 is 5.32 Å². The standard InChI is InChI=1S/C19H17N5/c1-13-17-18(23-19(20-13)22-15-9-5-3-6-10-15)24(14(2)21-17)16-11-7-4-8-12-16/h3-12H,1-2H3,(H,20,22,23). The zero-order valence-electron chi connectivity index (χ0n) is 13.6. The van der Waals surface area contributed by atoms with Crippen molar-refractivity contribution in [1.29, 1.82) is 0 Å². The summed E-state index contributed by atoms with van der Waals surface area (Å²) in [6, 6.07) is 20.0. The Morgan fingerprint density at radius 1 is 0.792 bits per heavy atom. The lowest BCUT2D eigenvalue weighted by atomic mass is 10.3. The summed E-state index contributed by atoms with van der Waals surface area (Å²) in [4.78, 5) is 13.9. The van der Waals surface area contributed by atoms with Gasteiger partial charge in [-0.1, -0.05) is 36.4 Å². The van der Waals surface area contributed by atoms with Gasteiger partial charge in [-0.15, -0.1) is 0 Å². The van der Waals surface area contributed by atoms with Crippen molar-refractivity contribution in [1.82, 2.24) is 19.5 Å². The summed E-state index contributed by atoms with van der Waals surface area (Å²) in [5, 5.41) is 3.26. The molecule has 1 N–H and O–H groups in total. The summed E-state index contributed by atoms with van der Waals surface area (Å²) in [7, 11) is 0. The van der Waals surface area contributed by atoms with Gasteiger partial charge < -0.3 is 5.32 Å². The molecule has 4 rings (SSSR count). The number of hydrogen-bond donors (Lipinski definition) is 1. The molecule has 0 bridgehead atoms. The van der Waals surface area contributed by atoms with E-state index in [9.17, 15) is 0 Å². The van der Waals surface area contributed by atoms with Crippen molar-refractivity contribution in [2.75, 3.05) is 5.32 Å². The zero-order chi connectivity index (χ0) is 16.5. The minimum atomic E-state index is 0.572. The number of para-hydroxylation sites is 2. The summed E-state index contributed by atoms with van der Waals surface area (Å²) in [6.07, 6.45) is 0. The number of nitrogens with zero attached hydrogens (tertiary/aromatic N) is 4. The van der Waals surface area contributed by atoms with Crippen molar-refractivity contribution in [3.63, 3.8) is 0 Å². The molecule has 0 saturated heterocycles. The second-order valence-electron chi connectivity index (χ2n) is 5.63. The van der Waals surface area contributed by atoms with Gasteiger partial charge in [0, 0.05) is 11.4 Å². The van der Waals surface area contributed by atoms with Crippen molar-refractivity contribution >= 4 is 22.8 Å². The Labute approximate surface area is 140 Å². The van der Waals surface area contributed by atoms with Crippen LogP contribution in [0.3, 0.4) is 0 Å². The van der Waals surface area contributed by atoms with Gasteiger partial charge in [0.2, 0.25) is 5.95 Å². The van der Waals surface area contributed by atoms with E-state index >= 15 is 0 Å². The normalized spacial score (nSPS) is 10.9. The van der Waals surface area contributed by atoms with Crippen LogP contribution in [-0.4, -0.2) is 19.5 Å². The molecule has 4 aromatic rings. The SMILES string of the molecule is Cc1nc(Nc2ccccc2)nc2c1nc(C)n2-c1ccccc1. The number of anilines is 2. The Balaban J connectivity index is 1.87. The summed E-state index contributed by atoms with van der Waals surface area (Å²) in [5.74, 6) is 1.47. The third-order valence-corrected chi connectivity index (χ3v) is 3.89. The summed E-state index contributed by atoms with van der Waals surface area (Å²) >= 11 is 0. The topological polar surface area (TPSA) is 55.6 Å². The first-order chi connectivity index (χ1) is 11.7. The van der Waals surface area contributed by atoms with E-state index in [-0.39, 0.29) is 0 Å². The van der Waals surface area contributed by atoms with Crippen molar-refractivity contribution in [2.24, 2.45) is 0 Å². The molecule has 0 spiro atoms. The van der Waals surface area contributed by atoms with Gasteiger partial charge in [-0.05, 0) is 38.1 Å². The second kappa shape index (κ2) is 5.77. The van der Waals surface area contributed by atoms with Gasteiger partial charge in [0.15, 0.2) is 5.65 Å². The molecule has 0 unspecified atom stereocenters. The fourth-order valence-electron chi connectivity index (χ4n) is 2.80. The first kappa shape index (κ1) is 14.4. The molecule has 118 valence electrons. The maximum absolute atomic E-state index is 4.71. The van der Waals surface area contributed by atoms with Crippen LogP contribution in [-0.2, 0) is 0 Å². The molecule has 0 aliphatic heterocycles. The molecule has 2 aromatic heterocycles. The predicted molar refractivity (Wildman–Crippen MR) is 95.9 cm³/mol. The van der Waals surface area contributed by atoms with Gasteiger partial charge in [0.25, 0.3) is 0 Å². The number of benzene rings is 2. The smallest absolute Gasteiger partial charge is 0.229 e. The van der Waals surface area contributed by atoms with E-state index in [1.54, 1.807) is 0 Å². The number of aryl methyl sites for hydroxylation is 2. The molecule has 0 aliphatic rings. The maximum atomic E-state index is 4.71. The van der Waals surface area contributed by atoms with Crippen molar-refractivity contribution in [2.45, 2.75) is 13.8 Å². The Bertz CT molecular complexity index is 991. The Morgan fingerprint density at radius 2 is 1.46 bits per heavy atom. The number of aromatic nitrogens is 4. The fraction of sp³-hybridized carbons (Fsp3) is 0.105. The van der Waals surface area contributed by atoms with E-state index in [2.05, 4.69) is 32.0 Å². The molecular formula is C19H17N5. The minimum absolute atomic E-state index is 0.572. The van der Waals surface area contributed by atoms with Crippen LogP contribution in [0.5, 0.6) is 0 Å². The maximum Gasteiger partial charge on any atom is 0.229 e. The molecule has 2 heterocycles. The number of fused-ring (bicyclic) bond motifs is 1. The molecule has 5 heteroatoms. The molecule has 0 aliphatic carbocycles. The number of imidazole rings is 1. The average molecular weight is 315 g/mol. The Morgan fingerprint density at radius 3 is 2.17 bits per heavy atom. The number of nitrogens with one attached hydrogen (secondary N) is 1. The molecular weight excluding hydrogens is 298 g/mol. The van der Waals surface area contributed by atoms with Gasteiger partial charge in [-0.3, -0.25) is 4.57 Å². The second-order valence-corrected chi connectivity index (χ2v) is 5.63. The quantitative estimate of drug-likeness (QED) is 0.616. The highest BCUT2D eigenvalue weighted by molar-refractivity contribution is 5.78. The largest absolute Gasteiger partial charge is 0.324 e. The van der Waals surface area contributed by atoms with E-state index in [1.165, 1.54) is 0 Å². The molecule has 0 amide bonds. The third-order valence-electron chi connectivity index (χ3n) is 3.89. The predicted octanol–water partition coefficient (Wildman–Crippen LogP) is 4.18. The van der Waals surface area contributed by atoms with Gasteiger partial charge in [-0.2, -0.15) is 4.98 Å². The lowest BCUT2D eigenvalue weighted by Gasteiger charge is -2.08. The number of rotatable bonds is 3. The average Bonchev–Trinajstić information content (AvgIpc) is 2.93. The van der Waals surface area contributed by atoms with Crippen LogP contribution in [0, 0.1) is 13.8 Å². The van der Waals surface area contributed by atoms with Crippen molar-refractivity contribution in [3.8, 4) is 5.69 Å². The Kier molecular flexibility index (Phi) is 3.46. The molecule has 0 radical (unpaired) electrons. The van der Waals surface area contributed by atoms with Gasteiger partial charge in [0.1, 0.15) is 11.3 Å². The van der Waals surface area contributed by atoms with E-state index < -0.39 is 0 Å². The molecule has 24 heavy (non-hydrogen) atoms. The van der Waals surface area contributed by atoms with Crippen LogP contribution in [0.4, 0.5) is 11.6 Å². The summed E-state index contributed by atoms with van der Waals surface area (Å²) in [5.41, 5.74) is 4.50. The van der Waals surface area contributed by atoms with Crippen molar-refractivity contribution < 1.29 is 0 Å². The van der Waals surface area contributed by atoms with Crippen LogP contribution in [0.1, 0.15) is 11.5 Å². The first-order valence-corrected chi connectivity index (χ1v) is 7.83. The molecule has 0 fully saturated rings. The van der Waals surface area contributed by atoms with Gasteiger partial charge in [0.05, 0.1) is 5.69 Å². The highest BCUT2D eigenvalue weighted by atomic mass is 15.2. The van der Waals surface area contributed by atoms with Crippen molar-refractivity contribution in [3.05, 3.63) is 72.2 Å². The van der Waals surface area contributed by atoms with E-state index in [0.717, 1.165) is 34.1 Å². The minimum Gasteiger partial charge on any atom is -0.324 e. The highest BCUT2D eigenvalue weighted by Gasteiger charge is 2.15. The molecule has 2 aromatic carbocycles. The van der Waals surface area contributed by atoms with E-state index in [4.69, 9.17) is 4.98 Å². The number of hydrogen-bond acceptors (Lipinski definition) is 4. The summed E-state index contributed by atoms with van der Waals surface area (Å²) in [6.45, 7) is 3.94. The van der Waals surface area contributed by atoms with E-state index in [0.29, 0.717) is 5.95 Å². The highest BCUT2D eigenvalue weighted by Crippen LogP contribution is 2.23. The third kappa shape index (κ3) is 2.50. The Hall–Kier alpha value is -3.21. The van der Waals surface area contributed by atoms with Crippen LogP contribution in [0.25, 0.3) is 16.9 Å². The van der Waals surface area contributed by atoms with Crippen LogP contribution in [0.2, 0.25) is 0 Å². The fourth-order valence-corrected chi connectivity index (χ4v) is 2.80. The molecule has 0 atom stereocenters. The summed E-state index contributed by atoms with van der Waals surface area (Å²) < 4.78 is 2.06. The lowest BCUT2D eigenvalue weighted by molar-refractivity contribution is 0.986. The monoisotopic (exact) mass is 315 g/mol. The lowest BCUT2D eigenvalue weighted by Crippen LogP contribution is -2.02. The van der Waals surface area contributed by atoms with Gasteiger partial charge in [-0.25, -0.2) is 9.97 Å². The van der Waals surface area contributed by atoms with Crippen LogP contribution >= 0.6 is 0 Å². The first-order valence-electron chi connectivity index (χ1n) is 7.83. The molecule has 0 saturated carbocycles. The van der Waals surface area contributed by atoms with E-state index in [1.807, 2.05) is 62.4 Å². The van der Waals surface area contributed by atoms with Gasteiger partial charge >= 0.3 is 0 Å². The molecule has 5 nitrogen and oxygen atoms in total. The van der Waals surface area contributed by atoms with Crippen LogP contribution in [0.15, 0.2) is 60.7 Å². The zero-order valence-corrected chi connectivity index (χ0v) is 13.6.